The molecule has 0 aliphatic heterocycles. The lowest BCUT2D eigenvalue weighted by Gasteiger charge is -2.05. The van der Waals surface area contributed by atoms with Crippen LogP contribution in [0.4, 0.5) is 0 Å². The Morgan fingerprint density at radius 2 is 1.93 bits per heavy atom. The van der Waals surface area contributed by atoms with Crippen molar-refractivity contribution in [2.75, 3.05) is 7.11 Å². The molecule has 0 aromatic heterocycles. The summed E-state index contributed by atoms with van der Waals surface area (Å²) in [4.78, 5) is 0. The summed E-state index contributed by atoms with van der Waals surface area (Å²) in [5.41, 5.74) is 1.05. The number of phenols is 1. The Balaban J connectivity index is 2.75. The first-order chi connectivity index (χ1) is 6.70. The van der Waals surface area contributed by atoms with E-state index in [0.29, 0.717) is 5.75 Å². The van der Waals surface area contributed by atoms with E-state index in [-0.39, 0.29) is 0 Å². The topological polar surface area (TPSA) is 29.5 Å². The van der Waals surface area contributed by atoms with Crippen molar-refractivity contribution in [3.8, 4) is 11.5 Å². The Labute approximate surface area is 82.8 Å². The predicted octanol–water partition coefficient (Wildman–Crippen LogP) is 2.86. The molecule has 2 nitrogen and oxygen atoms in total. The number of fused-ring (bicyclic) bond motifs is 1. The largest absolute Gasteiger partial charge is 0.508 e. The number of rotatable bonds is 1. The summed E-state index contributed by atoms with van der Waals surface area (Å²) in [6.07, 6.45) is 0. The van der Waals surface area contributed by atoms with Gasteiger partial charge in [-0.3, -0.25) is 0 Å². The van der Waals surface area contributed by atoms with Crippen LogP contribution in [0.25, 0.3) is 10.8 Å². The van der Waals surface area contributed by atoms with Gasteiger partial charge in [0.05, 0.1) is 7.11 Å². The van der Waals surface area contributed by atoms with Crippen molar-refractivity contribution in [2.45, 2.75) is 6.92 Å². The molecular weight excluding hydrogens is 176 g/mol. The lowest BCUT2D eigenvalue weighted by Crippen LogP contribution is -1.84. The van der Waals surface area contributed by atoms with E-state index >= 15 is 0 Å². The average Bonchev–Trinajstić information content (AvgIpc) is 2.17. The van der Waals surface area contributed by atoms with Gasteiger partial charge in [0.1, 0.15) is 11.5 Å². The van der Waals surface area contributed by atoms with Crippen LogP contribution in [0.2, 0.25) is 0 Å². The van der Waals surface area contributed by atoms with Crippen LogP contribution in [0.3, 0.4) is 0 Å². The fraction of sp³-hybridized carbons (Fsp3) is 0.167. The molecule has 0 aliphatic carbocycles. The van der Waals surface area contributed by atoms with Crippen LogP contribution in [-0.4, -0.2) is 12.2 Å². The van der Waals surface area contributed by atoms with E-state index in [0.717, 1.165) is 22.1 Å². The summed E-state index contributed by atoms with van der Waals surface area (Å²) < 4.78 is 5.15. The minimum atomic E-state index is 0.306. The molecule has 2 heteroatoms. The zero-order valence-electron chi connectivity index (χ0n) is 8.24. The molecule has 14 heavy (non-hydrogen) atoms. The van der Waals surface area contributed by atoms with E-state index in [1.807, 2.05) is 25.1 Å². The van der Waals surface area contributed by atoms with Gasteiger partial charge >= 0.3 is 0 Å². The molecule has 0 saturated carbocycles. The molecule has 0 fully saturated rings. The average molecular weight is 188 g/mol. The van der Waals surface area contributed by atoms with Gasteiger partial charge in [0.15, 0.2) is 0 Å². The molecule has 0 bridgehead atoms. The standard InChI is InChI=1S/C12H12O2/c1-8-5-10(13)6-9-3-4-11(14-2)7-12(8)9/h3-7,13H,1-2H3. The molecule has 0 saturated heterocycles. The summed E-state index contributed by atoms with van der Waals surface area (Å²) in [6.45, 7) is 1.97. The Morgan fingerprint density at radius 1 is 1.14 bits per heavy atom. The number of aryl methyl sites for hydroxylation is 1. The monoisotopic (exact) mass is 188 g/mol. The molecule has 0 heterocycles. The maximum absolute atomic E-state index is 9.41. The van der Waals surface area contributed by atoms with Crippen molar-refractivity contribution >= 4 is 10.8 Å². The molecule has 2 rings (SSSR count). The van der Waals surface area contributed by atoms with Gasteiger partial charge in [0.2, 0.25) is 0 Å². The highest BCUT2D eigenvalue weighted by Crippen LogP contribution is 2.27. The second-order valence-electron chi connectivity index (χ2n) is 3.35. The van der Waals surface area contributed by atoms with Crippen LogP contribution in [0.5, 0.6) is 11.5 Å². The first kappa shape index (κ1) is 8.88. The van der Waals surface area contributed by atoms with E-state index in [2.05, 4.69) is 0 Å². The van der Waals surface area contributed by atoms with Gasteiger partial charge in [0, 0.05) is 0 Å². The molecular formula is C12H12O2. The third-order valence-electron chi connectivity index (χ3n) is 2.35. The van der Waals surface area contributed by atoms with E-state index in [9.17, 15) is 5.11 Å². The number of ether oxygens (including phenoxy) is 1. The molecule has 0 aliphatic rings. The summed E-state index contributed by atoms with van der Waals surface area (Å²) >= 11 is 0. The maximum Gasteiger partial charge on any atom is 0.119 e. The lowest BCUT2D eigenvalue weighted by molar-refractivity contribution is 0.415. The van der Waals surface area contributed by atoms with Crippen molar-refractivity contribution < 1.29 is 9.84 Å². The summed E-state index contributed by atoms with van der Waals surface area (Å²) in [5.74, 6) is 1.14. The second kappa shape index (κ2) is 3.22. The number of hydrogen-bond donors (Lipinski definition) is 1. The highest BCUT2D eigenvalue weighted by atomic mass is 16.5. The summed E-state index contributed by atoms with van der Waals surface area (Å²) in [7, 11) is 1.65. The number of methoxy groups -OCH3 is 1. The third-order valence-corrected chi connectivity index (χ3v) is 2.35. The van der Waals surface area contributed by atoms with Gasteiger partial charge in [-0.15, -0.1) is 0 Å². The fourth-order valence-electron chi connectivity index (χ4n) is 1.63. The van der Waals surface area contributed by atoms with Gasteiger partial charge < -0.3 is 9.84 Å². The van der Waals surface area contributed by atoms with Gasteiger partial charge in [-0.1, -0.05) is 6.07 Å². The molecule has 2 aromatic rings. The first-order valence-corrected chi connectivity index (χ1v) is 4.48. The number of aromatic hydroxyl groups is 1. The van der Waals surface area contributed by atoms with Crippen molar-refractivity contribution in [1.82, 2.24) is 0 Å². The van der Waals surface area contributed by atoms with Crippen LogP contribution in [-0.2, 0) is 0 Å². The third kappa shape index (κ3) is 1.39. The maximum atomic E-state index is 9.41. The molecule has 0 spiro atoms. The first-order valence-electron chi connectivity index (χ1n) is 4.48. The SMILES string of the molecule is COc1ccc2cc(O)cc(C)c2c1. The minimum absolute atomic E-state index is 0.306. The predicted molar refractivity (Wildman–Crippen MR) is 56.9 cm³/mol. The fourth-order valence-corrected chi connectivity index (χ4v) is 1.63. The normalized spacial score (nSPS) is 10.4. The van der Waals surface area contributed by atoms with Crippen molar-refractivity contribution in [3.63, 3.8) is 0 Å². The van der Waals surface area contributed by atoms with Gasteiger partial charge in [0.25, 0.3) is 0 Å². The Kier molecular flexibility index (Phi) is 2.04. The zero-order chi connectivity index (χ0) is 10.1. The van der Waals surface area contributed by atoms with Crippen molar-refractivity contribution in [3.05, 3.63) is 35.9 Å². The Hall–Kier alpha value is -1.70. The van der Waals surface area contributed by atoms with Crippen molar-refractivity contribution in [2.24, 2.45) is 0 Å². The van der Waals surface area contributed by atoms with Gasteiger partial charge in [-0.25, -0.2) is 0 Å². The molecule has 0 radical (unpaired) electrons. The second-order valence-corrected chi connectivity index (χ2v) is 3.35. The van der Waals surface area contributed by atoms with Crippen LogP contribution >= 0.6 is 0 Å². The minimum Gasteiger partial charge on any atom is -0.508 e. The molecule has 0 atom stereocenters. The number of hydrogen-bond acceptors (Lipinski definition) is 2. The lowest BCUT2D eigenvalue weighted by atomic mass is 10.0. The van der Waals surface area contributed by atoms with Crippen molar-refractivity contribution in [1.29, 1.82) is 0 Å². The molecule has 0 unspecified atom stereocenters. The van der Waals surface area contributed by atoms with Crippen LogP contribution in [0.15, 0.2) is 30.3 Å². The van der Waals surface area contributed by atoms with Gasteiger partial charge in [-0.2, -0.15) is 0 Å². The van der Waals surface area contributed by atoms with E-state index in [1.165, 1.54) is 0 Å². The Bertz CT molecular complexity index is 475. The molecule has 0 amide bonds. The quantitative estimate of drug-likeness (QED) is 0.745. The van der Waals surface area contributed by atoms with Gasteiger partial charge in [-0.05, 0) is 47.5 Å². The highest BCUT2D eigenvalue weighted by Gasteiger charge is 2.01. The molecule has 2 aromatic carbocycles. The number of phenolic OH excluding ortho intramolecular Hbond substituents is 1. The van der Waals surface area contributed by atoms with E-state index < -0.39 is 0 Å². The van der Waals surface area contributed by atoms with E-state index in [1.54, 1.807) is 19.2 Å². The highest BCUT2D eigenvalue weighted by molar-refractivity contribution is 5.88. The smallest absolute Gasteiger partial charge is 0.119 e. The van der Waals surface area contributed by atoms with E-state index in [4.69, 9.17) is 4.74 Å². The summed E-state index contributed by atoms with van der Waals surface area (Å²) in [6, 6.07) is 9.32. The number of benzene rings is 2. The zero-order valence-corrected chi connectivity index (χ0v) is 8.24. The molecule has 72 valence electrons. The molecule has 1 N–H and O–H groups in total. The Morgan fingerprint density at radius 3 is 2.64 bits per heavy atom. The summed E-state index contributed by atoms with van der Waals surface area (Å²) in [5, 5.41) is 11.6. The van der Waals surface area contributed by atoms with Crippen LogP contribution in [0.1, 0.15) is 5.56 Å². The van der Waals surface area contributed by atoms with Crippen LogP contribution < -0.4 is 4.74 Å². The van der Waals surface area contributed by atoms with Crippen LogP contribution in [0, 0.1) is 6.92 Å².